The molecule has 1 aromatic rings. The van der Waals surface area contributed by atoms with E-state index in [1.165, 1.54) is 6.07 Å². The van der Waals surface area contributed by atoms with Crippen molar-refractivity contribution in [3.8, 4) is 5.75 Å². The number of halogens is 2. The summed E-state index contributed by atoms with van der Waals surface area (Å²) in [6.07, 6.45) is 2.24. The SMILES string of the molecule is CC(C)(O)C(C)(C)OB(O)c1cc(OCC2CC2)c(Cl)cc1F. The van der Waals surface area contributed by atoms with E-state index in [4.69, 9.17) is 21.0 Å². The summed E-state index contributed by atoms with van der Waals surface area (Å²) in [5.41, 5.74) is -2.38. The Labute approximate surface area is 141 Å². The summed E-state index contributed by atoms with van der Waals surface area (Å²) in [5.74, 6) is 0.154. The Balaban J connectivity index is 2.18. The van der Waals surface area contributed by atoms with Gasteiger partial charge in [-0.15, -0.1) is 0 Å². The Morgan fingerprint density at radius 3 is 2.43 bits per heavy atom. The van der Waals surface area contributed by atoms with Crippen molar-refractivity contribution in [1.29, 1.82) is 0 Å². The van der Waals surface area contributed by atoms with Gasteiger partial charge in [-0.25, -0.2) is 4.39 Å². The zero-order chi connectivity index (χ0) is 17.4. The van der Waals surface area contributed by atoms with E-state index in [1.54, 1.807) is 27.7 Å². The molecule has 1 saturated carbocycles. The van der Waals surface area contributed by atoms with Gasteiger partial charge in [-0.05, 0) is 58.6 Å². The van der Waals surface area contributed by atoms with E-state index in [0.717, 1.165) is 18.9 Å². The number of rotatable bonds is 7. The van der Waals surface area contributed by atoms with Gasteiger partial charge < -0.3 is 19.5 Å². The van der Waals surface area contributed by atoms with Crippen LogP contribution in [0, 0.1) is 11.7 Å². The average molecular weight is 345 g/mol. The van der Waals surface area contributed by atoms with Crippen LogP contribution in [0.15, 0.2) is 12.1 Å². The molecule has 0 saturated heterocycles. The zero-order valence-corrected chi connectivity index (χ0v) is 14.7. The van der Waals surface area contributed by atoms with E-state index < -0.39 is 24.1 Å². The lowest BCUT2D eigenvalue weighted by Crippen LogP contribution is -2.53. The van der Waals surface area contributed by atoms with Crippen LogP contribution in [0.2, 0.25) is 5.02 Å². The number of ether oxygens (including phenoxy) is 1. The molecular weight excluding hydrogens is 321 g/mol. The molecule has 4 nitrogen and oxygen atoms in total. The van der Waals surface area contributed by atoms with Gasteiger partial charge in [-0.2, -0.15) is 0 Å². The van der Waals surface area contributed by atoms with E-state index in [9.17, 15) is 14.5 Å². The van der Waals surface area contributed by atoms with Crippen LogP contribution in [0.1, 0.15) is 40.5 Å². The zero-order valence-electron chi connectivity index (χ0n) is 13.9. The largest absolute Gasteiger partial charge is 0.494 e. The fourth-order valence-electron chi connectivity index (χ4n) is 1.82. The van der Waals surface area contributed by atoms with Gasteiger partial charge in [0, 0.05) is 5.46 Å². The van der Waals surface area contributed by atoms with Gasteiger partial charge in [0.15, 0.2) is 0 Å². The van der Waals surface area contributed by atoms with Crippen LogP contribution < -0.4 is 10.2 Å². The molecule has 0 bridgehead atoms. The number of aliphatic hydroxyl groups is 1. The first-order chi connectivity index (χ1) is 10.5. The lowest BCUT2D eigenvalue weighted by Gasteiger charge is -2.38. The molecule has 0 radical (unpaired) electrons. The Bertz CT molecular complexity index is 570. The first-order valence-electron chi connectivity index (χ1n) is 7.71. The van der Waals surface area contributed by atoms with Crippen molar-refractivity contribution in [3.63, 3.8) is 0 Å². The minimum absolute atomic E-state index is 0.0717. The molecule has 128 valence electrons. The molecule has 2 rings (SSSR count). The van der Waals surface area contributed by atoms with Gasteiger partial charge in [-0.1, -0.05) is 11.6 Å². The highest BCUT2D eigenvalue weighted by molar-refractivity contribution is 6.60. The van der Waals surface area contributed by atoms with Crippen molar-refractivity contribution in [2.24, 2.45) is 5.92 Å². The molecule has 0 amide bonds. The number of hydrogen-bond acceptors (Lipinski definition) is 4. The second-order valence-corrected chi connectivity index (χ2v) is 7.51. The highest BCUT2D eigenvalue weighted by Crippen LogP contribution is 2.32. The first-order valence-corrected chi connectivity index (χ1v) is 8.09. The minimum atomic E-state index is -1.54. The normalized spacial score (nSPS) is 15.7. The smallest absolute Gasteiger partial charge is 0.492 e. The molecule has 23 heavy (non-hydrogen) atoms. The van der Waals surface area contributed by atoms with Gasteiger partial charge in [-0.3, -0.25) is 0 Å². The van der Waals surface area contributed by atoms with E-state index >= 15 is 0 Å². The maximum atomic E-state index is 14.1. The molecular formula is C16H23BClFO4. The van der Waals surface area contributed by atoms with Gasteiger partial charge in [0.1, 0.15) is 11.6 Å². The summed E-state index contributed by atoms with van der Waals surface area (Å²) in [7, 11) is -1.54. The minimum Gasteiger partial charge on any atom is -0.492 e. The van der Waals surface area contributed by atoms with Crippen molar-refractivity contribution in [3.05, 3.63) is 23.0 Å². The van der Waals surface area contributed by atoms with E-state index in [2.05, 4.69) is 0 Å². The summed E-state index contributed by atoms with van der Waals surface area (Å²) in [6, 6.07) is 2.45. The van der Waals surface area contributed by atoms with E-state index in [-0.39, 0.29) is 10.5 Å². The van der Waals surface area contributed by atoms with Gasteiger partial charge in [0.05, 0.1) is 22.8 Å². The third-order valence-corrected chi connectivity index (χ3v) is 4.66. The molecule has 1 aromatic carbocycles. The maximum Gasteiger partial charge on any atom is 0.494 e. The van der Waals surface area contributed by atoms with Crippen LogP contribution >= 0.6 is 11.6 Å². The van der Waals surface area contributed by atoms with Crippen LogP contribution in [-0.2, 0) is 4.65 Å². The molecule has 0 spiro atoms. The van der Waals surface area contributed by atoms with Crippen LogP contribution in [-0.4, -0.2) is 35.1 Å². The third kappa shape index (κ3) is 4.60. The highest BCUT2D eigenvalue weighted by atomic mass is 35.5. The molecule has 2 N–H and O–H groups in total. The van der Waals surface area contributed by atoms with Gasteiger partial charge in [0.25, 0.3) is 0 Å². The van der Waals surface area contributed by atoms with Crippen LogP contribution in [0.5, 0.6) is 5.75 Å². The Morgan fingerprint density at radius 2 is 1.91 bits per heavy atom. The fraction of sp³-hybridized carbons (Fsp3) is 0.625. The van der Waals surface area contributed by atoms with Crippen molar-refractivity contribution in [2.75, 3.05) is 6.61 Å². The topological polar surface area (TPSA) is 58.9 Å². The molecule has 7 heteroatoms. The Morgan fingerprint density at radius 1 is 1.30 bits per heavy atom. The molecule has 1 aliphatic carbocycles. The predicted molar refractivity (Wildman–Crippen MR) is 88.7 cm³/mol. The highest BCUT2D eigenvalue weighted by Gasteiger charge is 2.40. The molecule has 0 atom stereocenters. The van der Waals surface area contributed by atoms with Crippen molar-refractivity contribution >= 4 is 24.2 Å². The molecule has 0 aromatic heterocycles. The summed E-state index contributed by atoms with van der Waals surface area (Å²) < 4.78 is 25.2. The van der Waals surface area contributed by atoms with Crippen LogP contribution in [0.25, 0.3) is 0 Å². The van der Waals surface area contributed by atoms with Gasteiger partial charge >= 0.3 is 7.12 Å². The standard InChI is InChI=1S/C16H23BClFO4/c1-15(2,20)16(3,4)23-17(21)11-7-14(12(18)8-13(11)19)22-9-10-5-6-10/h7-8,10,20-21H,5-6,9H2,1-4H3. The number of hydrogen-bond donors (Lipinski definition) is 2. The molecule has 1 aliphatic rings. The second-order valence-electron chi connectivity index (χ2n) is 7.10. The molecule has 0 aliphatic heterocycles. The van der Waals surface area contributed by atoms with E-state index in [0.29, 0.717) is 18.3 Å². The van der Waals surface area contributed by atoms with Crippen molar-refractivity contribution in [1.82, 2.24) is 0 Å². The Hall–Kier alpha value is -0.815. The Kier molecular flexibility index (Phi) is 5.31. The van der Waals surface area contributed by atoms with Gasteiger partial charge in [0.2, 0.25) is 0 Å². The molecule has 0 unspecified atom stereocenters. The summed E-state index contributed by atoms with van der Waals surface area (Å²) in [5, 5.41) is 20.5. The van der Waals surface area contributed by atoms with Crippen molar-refractivity contribution < 1.29 is 23.9 Å². The van der Waals surface area contributed by atoms with Crippen LogP contribution in [0.4, 0.5) is 4.39 Å². The number of benzene rings is 1. The fourth-order valence-corrected chi connectivity index (χ4v) is 2.03. The van der Waals surface area contributed by atoms with Crippen LogP contribution in [0.3, 0.4) is 0 Å². The molecule has 1 fully saturated rings. The summed E-state index contributed by atoms with van der Waals surface area (Å²) in [6.45, 7) is 6.88. The van der Waals surface area contributed by atoms with Crippen molar-refractivity contribution in [2.45, 2.75) is 51.7 Å². The molecule has 0 heterocycles. The first kappa shape index (κ1) is 18.5. The lowest BCUT2D eigenvalue weighted by molar-refractivity contribution is -0.0983. The quantitative estimate of drug-likeness (QED) is 0.746. The maximum absolute atomic E-state index is 14.1. The second kappa shape index (κ2) is 6.59. The average Bonchev–Trinajstić information content (AvgIpc) is 3.19. The van der Waals surface area contributed by atoms with E-state index in [1.807, 2.05) is 0 Å². The third-order valence-electron chi connectivity index (χ3n) is 4.37. The predicted octanol–water partition coefficient (Wildman–Crippen LogP) is 2.52. The summed E-state index contributed by atoms with van der Waals surface area (Å²) in [4.78, 5) is 0. The summed E-state index contributed by atoms with van der Waals surface area (Å²) >= 11 is 5.99. The monoisotopic (exact) mass is 344 g/mol. The lowest BCUT2D eigenvalue weighted by atomic mass is 9.76.